The zero-order valence-corrected chi connectivity index (χ0v) is 10.6. The lowest BCUT2D eigenvalue weighted by Gasteiger charge is -2.03. The predicted molar refractivity (Wildman–Crippen MR) is 72.3 cm³/mol. The topological polar surface area (TPSA) is 75.1 Å². The normalized spacial score (nSPS) is 14.2. The number of benzene rings is 1. The summed E-state index contributed by atoms with van der Waals surface area (Å²) in [5.74, 6) is 0.522. The summed E-state index contributed by atoms with van der Waals surface area (Å²) in [6.07, 6.45) is 2.80. The van der Waals surface area contributed by atoms with Crippen LogP contribution >= 0.6 is 0 Å². The SMILES string of the molecule is CCc1ccc2c(c1)n(C#N)c(=O)n2C1=NCCN1. The van der Waals surface area contributed by atoms with Gasteiger partial charge in [-0.15, -0.1) is 0 Å². The Morgan fingerprint density at radius 3 is 2.95 bits per heavy atom. The third-order valence-electron chi connectivity index (χ3n) is 3.28. The molecule has 0 radical (unpaired) electrons. The molecule has 0 bridgehead atoms. The van der Waals surface area contributed by atoms with E-state index in [0.29, 0.717) is 30.1 Å². The number of fused-ring (bicyclic) bond motifs is 1. The summed E-state index contributed by atoms with van der Waals surface area (Å²) in [5, 5.41) is 12.2. The Labute approximate surface area is 109 Å². The van der Waals surface area contributed by atoms with Crippen LogP contribution in [0.1, 0.15) is 12.5 Å². The highest BCUT2D eigenvalue weighted by Crippen LogP contribution is 2.15. The van der Waals surface area contributed by atoms with Gasteiger partial charge in [-0.3, -0.25) is 4.99 Å². The van der Waals surface area contributed by atoms with Crippen molar-refractivity contribution in [1.82, 2.24) is 14.5 Å². The first-order chi connectivity index (χ1) is 9.26. The average Bonchev–Trinajstić information content (AvgIpc) is 3.02. The van der Waals surface area contributed by atoms with Gasteiger partial charge < -0.3 is 5.32 Å². The molecule has 0 saturated carbocycles. The van der Waals surface area contributed by atoms with E-state index in [0.717, 1.165) is 16.6 Å². The van der Waals surface area contributed by atoms with Gasteiger partial charge in [0.1, 0.15) is 0 Å². The zero-order valence-electron chi connectivity index (χ0n) is 10.6. The van der Waals surface area contributed by atoms with Crippen LogP contribution in [0.25, 0.3) is 11.0 Å². The molecule has 96 valence electrons. The summed E-state index contributed by atoms with van der Waals surface area (Å²) < 4.78 is 2.57. The first-order valence-corrected chi connectivity index (χ1v) is 6.21. The molecule has 0 aliphatic carbocycles. The highest BCUT2D eigenvalue weighted by molar-refractivity contribution is 5.93. The Balaban J connectivity index is 2.37. The third-order valence-corrected chi connectivity index (χ3v) is 3.28. The molecule has 0 amide bonds. The summed E-state index contributed by atoms with van der Waals surface area (Å²) in [5.41, 5.74) is 2.05. The fraction of sp³-hybridized carbons (Fsp3) is 0.308. The summed E-state index contributed by atoms with van der Waals surface area (Å²) in [4.78, 5) is 16.5. The minimum atomic E-state index is -0.376. The minimum absolute atomic E-state index is 0.376. The smallest absolute Gasteiger partial charge is 0.349 e. The number of nitriles is 1. The Bertz CT molecular complexity index is 775. The molecule has 3 rings (SSSR count). The largest absolute Gasteiger partial charge is 0.354 e. The van der Waals surface area contributed by atoms with E-state index in [-0.39, 0.29) is 5.69 Å². The van der Waals surface area contributed by atoms with Crippen molar-refractivity contribution in [3.8, 4) is 6.19 Å². The molecule has 0 spiro atoms. The Morgan fingerprint density at radius 1 is 1.47 bits per heavy atom. The summed E-state index contributed by atoms with van der Waals surface area (Å²) in [6, 6.07) is 5.72. The van der Waals surface area contributed by atoms with Gasteiger partial charge in [0, 0.05) is 6.54 Å². The number of rotatable bonds is 1. The second kappa shape index (κ2) is 4.28. The molecule has 2 heterocycles. The monoisotopic (exact) mass is 255 g/mol. The van der Waals surface area contributed by atoms with E-state index in [1.54, 1.807) is 0 Å². The van der Waals surface area contributed by atoms with Crippen molar-refractivity contribution in [3.63, 3.8) is 0 Å². The van der Waals surface area contributed by atoms with Crippen LogP contribution in [0.2, 0.25) is 0 Å². The lowest BCUT2D eigenvalue weighted by molar-refractivity contribution is 0.914. The van der Waals surface area contributed by atoms with Gasteiger partial charge in [-0.05, 0) is 24.1 Å². The van der Waals surface area contributed by atoms with Crippen molar-refractivity contribution < 1.29 is 0 Å². The molecule has 6 heteroatoms. The standard InChI is InChI=1S/C13H13N5O/c1-2-9-3-4-10-11(7-9)17(8-14)13(19)18(10)12-15-5-6-16-12/h3-4,7H,2,5-6H2,1H3,(H,15,16). The van der Waals surface area contributed by atoms with E-state index in [1.807, 2.05) is 31.3 Å². The fourth-order valence-electron chi connectivity index (χ4n) is 2.30. The molecule has 0 saturated heterocycles. The molecular formula is C13H13N5O. The van der Waals surface area contributed by atoms with E-state index in [1.165, 1.54) is 4.57 Å². The van der Waals surface area contributed by atoms with E-state index >= 15 is 0 Å². The quantitative estimate of drug-likeness (QED) is 0.806. The molecule has 1 aromatic carbocycles. The van der Waals surface area contributed by atoms with E-state index in [9.17, 15) is 10.1 Å². The summed E-state index contributed by atoms with van der Waals surface area (Å²) in [7, 11) is 0. The van der Waals surface area contributed by atoms with Crippen LogP contribution in [-0.4, -0.2) is 28.2 Å². The Morgan fingerprint density at radius 2 is 2.32 bits per heavy atom. The fourth-order valence-corrected chi connectivity index (χ4v) is 2.30. The number of imidazole rings is 1. The second-order valence-electron chi connectivity index (χ2n) is 4.36. The van der Waals surface area contributed by atoms with Gasteiger partial charge >= 0.3 is 5.69 Å². The molecule has 19 heavy (non-hydrogen) atoms. The second-order valence-corrected chi connectivity index (χ2v) is 4.36. The van der Waals surface area contributed by atoms with Gasteiger partial charge in [-0.1, -0.05) is 13.0 Å². The van der Waals surface area contributed by atoms with E-state index < -0.39 is 0 Å². The minimum Gasteiger partial charge on any atom is -0.354 e. The van der Waals surface area contributed by atoms with Crippen molar-refractivity contribution in [1.29, 1.82) is 5.26 Å². The van der Waals surface area contributed by atoms with Gasteiger partial charge in [-0.2, -0.15) is 9.83 Å². The number of aromatic nitrogens is 2. The molecule has 1 N–H and O–H groups in total. The highest BCUT2D eigenvalue weighted by Gasteiger charge is 2.18. The zero-order chi connectivity index (χ0) is 13.4. The van der Waals surface area contributed by atoms with Crippen LogP contribution in [0.3, 0.4) is 0 Å². The number of aryl methyl sites for hydroxylation is 1. The van der Waals surface area contributed by atoms with Gasteiger partial charge in [0.25, 0.3) is 0 Å². The first kappa shape index (κ1) is 11.5. The van der Waals surface area contributed by atoms with Crippen LogP contribution < -0.4 is 11.0 Å². The number of hydrogen-bond acceptors (Lipinski definition) is 4. The van der Waals surface area contributed by atoms with Crippen molar-refractivity contribution in [2.75, 3.05) is 13.1 Å². The lowest BCUT2D eigenvalue weighted by atomic mass is 10.1. The van der Waals surface area contributed by atoms with Gasteiger partial charge in [0.15, 0.2) is 6.19 Å². The van der Waals surface area contributed by atoms with Gasteiger partial charge in [-0.25, -0.2) is 9.36 Å². The average molecular weight is 255 g/mol. The summed E-state index contributed by atoms with van der Waals surface area (Å²) >= 11 is 0. The molecular weight excluding hydrogens is 242 g/mol. The van der Waals surface area contributed by atoms with Gasteiger partial charge in [0.05, 0.1) is 17.6 Å². The van der Waals surface area contributed by atoms with Crippen LogP contribution in [-0.2, 0) is 6.42 Å². The number of hydrogen-bond donors (Lipinski definition) is 1. The Hall–Kier alpha value is -2.55. The van der Waals surface area contributed by atoms with E-state index in [2.05, 4.69) is 10.3 Å². The molecule has 0 atom stereocenters. The van der Waals surface area contributed by atoms with Crippen LogP contribution in [0.4, 0.5) is 0 Å². The Kier molecular flexibility index (Phi) is 2.60. The molecule has 1 aliphatic heterocycles. The number of nitrogens with one attached hydrogen (secondary N) is 1. The number of aliphatic imine (C=N–C) groups is 1. The molecule has 1 aliphatic rings. The van der Waals surface area contributed by atoms with Crippen molar-refractivity contribution in [3.05, 3.63) is 34.2 Å². The van der Waals surface area contributed by atoms with Crippen LogP contribution in [0, 0.1) is 11.5 Å². The van der Waals surface area contributed by atoms with Crippen molar-refractivity contribution >= 4 is 17.0 Å². The van der Waals surface area contributed by atoms with Crippen molar-refractivity contribution in [2.24, 2.45) is 4.99 Å². The van der Waals surface area contributed by atoms with Crippen LogP contribution in [0.15, 0.2) is 28.0 Å². The molecule has 6 nitrogen and oxygen atoms in total. The van der Waals surface area contributed by atoms with Crippen molar-refractivity contribution in [2.45, 2.75) is 13.3 Å². The first-order valence-electron chi connectivity index (χ1n) is 6.21. The maximum atomic E-state index is 12.3. The summed E-state index contributed by atoms with van der Waals surface area (Å²) in [6.45, 7) is 3.40. The molecule has 1 aromatic heterocycles. The van der Waals surface area contributed by atoms with Gasteiger partial charge in [0.2, 0.25) is 5.96 Å². The molecule has 2 aromatic rings. The lowest BCUT2D eigenvalue weighted by Crippen LogP contribution is -2.35. The number of nitrogens with zero attached hydrogens (tertiary/aromatic N) is 4. The molecule has 0 fully saturated rings. The predicted octanol–water partition coefficient (Wildman–Crippen LogP) is 0.502. The highest BCUT2D eigenvalue weighted by atomic mass is 16.1. The molecule has 0 unspecified atom stereocenters. The van der Waals surface area contributed by atoms with Crippen LogP contribution in [0.5, 0.6) is 0 Å². The third kappa shape index (κ3) is 1.63. The van der Waals surface area contributed by atoms with E-state index in [4.69, 9.17) is 0 Å². The maximum Gasteiger partial charge on any atom is 0.349 e. The maximum absolute atomic E-state index is 12.3.